The molecule has 0 saturated carbocycles. The van der Waals surface area contributed by atoms with Crippen LogP contribution in [0.3, 0.4) is 0 Å². The summed E-state index contributed by atoms with van der Waals surface area (Å²) in [7, 11) is -1.17. The molecule has 126 valence electrons. The molecule has 1 rings (SSSR count). The first-order valence-corrected chi connectivity index (χ1v) is 9.86. The number of hydrogen-bond acceptors (Lipinski definition) is 5. The summed E-state index contributed by atoms with van der Waals surface area (Å²) in [5.74, 6) is 0.789. The summed E-state index contributed by atoms with van der Waals surface area (Å²) in [6.07, 6.45) is 3.24. The fraction of sp³-hybridized carbons (Fsp3) is 1.00. The molecule has 0 bridgehead atoms. The molecular weight excluding hydrogens is 288 g/mol. The summed E-state index contributed by atoms with van der Waals surface area (Å²) in [6, 6.07) is -0.101. The van der Waals surface area contributed by atoms with Crippen molar-refractivity contribution < 1.29 is 13.5 Å². The minimum Gasteiger partial charge on any atom is -0.390 e. The Hall–Kier alpha value is -0.170. The molecule has 1 N–H and O–H groups in total. The third-order valence-corrected chi connectivity index (χ3v) is 6.64. The highest BCUT2D eigenvalue weighted by Crippen LogP contribution is 2.16. The molecule has 0 amide bonds. The summed E-state index contributed by atoms with van der Waals surface area (Å²) in [4.78, 5) is 4.26. The minimum absolute atomic E-state index is 0.101. The van der Waals surface area contributed by atoms with Crippen molar-refractivity contribution in [2.24, 2.45) is 5.92 Å². The second kappa shape index (κ2) is 7.90. The number of hydrogen-bond donors (Lipinski definition) is 1. The van der Waals surface area contributed by atoms with Crippen LogP contribution in [-0.2, 0) is 9.84 Å². The number of β-amino-alcohol motifs (C(OH)–C–C–N with tert-alkyl or cyclic N) is 1. The maximum Gasteiger partial charge on any atom is 0.151 e. The van der Waals surface area contributed by atoms with Crippen LogP contribution in [0.1, 0.15) is 33.6 Å². The standard InChI is InChI=1S/C15H32N2O3S/c1-12-6-8-17(9-7-12)11-15(18)10-16(4)13(2)14(3)21(5,19)20/h12-15,18H,6-11H2,1-5H3. The Kier molecular flexibility index (Phi) is 7.10. The van der Waals surface area contributed by atoms with E-state index in [9.17, 15) is 13.5 Å². The van der Waals surface area contributed by atoms with Gasteiger partial charge in [0.2, 0.25) is 0 Å². The lowest BCUT2D eigenvalue weighted by Crippen LogP contribution is -2.47. The van der Waals surface area contributed by atoms with E-state index < -0.39 is 21.2 Å². The summed E-state index contributed by atoms with van der Waals surface area (Å²) in [6.45, 7) is 9.20. The van der Waals surface area contributed by atoms with E-state index in [-0.39, 0.29) is 6.04 Å². The Bertz CT molecular complexity index is 405. The molecule has 0 radical (unpaired) electrons. The Labute approximate surface area is 130 Å². The molecule has 1 saturated heterocycles. The van der Waals surface area contributed by atoms with E-state index in [1.165, 1.54) is 19.1 Å². The lowest BCUT2D eigenvalue weighted by atomic mass is 9.99. The number of rotatable bonds is 7. The van der Waals surface area contributed by atoms with Crippen LogP contribution in [0.5, 0.6) is 0 Å². The van der Waals surface area contributed by atoms with Gasteiger partial charge in [0.1, 0.15) is 0 Å². The third-order valence-electron chi connectivity index (χ3n) is 4.89. The molecule has 0 aromatic heterocycles. The van der Waals surface area contributed by atoms with E-state index in [1.807, 2.05) is 18.9 Å². The van der Waals surface area contributed by atoms with Crippen molar-refractivity contribution in [1.29, 1.82) is 0 Å². The van der Waals surface area contributed by atoms with Crippen molar-refractivity contribution in [3.05, 3.63) is 0 Å². The molecular formula is C15H32N2O3S. The summed E-state index contributed by atoms with van der Waals surface area (Å²) in [5, 5.41) is 9.81. The summed E-state index contributed by atoms with van der Waals surface area (Å²) >= 11 is 0. The summed E-state index contributed by atoms with van der Waals surface area (Å²) < 4.78 is 23.2. The molecule has 1 aliphatic heterocycles. The maximum atomic E-state index is 11.6. The molecule has 1 aliphatic rings. The fourth-order valence-corrected chi connectivity index (χ4v) is 3.74. The Morgan fingerprint density at radius 3 is 2.29 bits per heavy atom. The number of nitrogens with zero attached hydrogens (tertiary/aromatic N) is 2. The van der Waals surface area contributed by atoms with E-state index in [0.717, 1.165) is 19.0 Å². The number of aliphatic hydroxyl groups is 1. The SMILES string of the molecule is CC1CCN(CC(O)CN(C)C(C)C(C)S(C)(=O)=O)CC1. The highest BCUT2D eigenvalue weighted by Gasteiger charge is 2.27. The van der Waals surface area contributed by atoms with Crippen LogP contribution >= 0.6 is 0 Å². The van der Waals surface area contributed by atoms with Crippen LogP contribution in [0, 0.1) is 5.92 Å². The second-order valence-corrected chi connectivity index (χ2v) is 9.25. The lowest BCUT2D eigenvalue weighted by molar-refractivity contribution is 0.0589. The highest BCUT2D eigenvalue weighted by atomic mass is 32.2. The van der Waals surface area contributed by atoms with E-state index >= 15 is 0 Å². The van der Waals surface area contributed by atoms with E-state index in [4.69, 9.17) is 0 Å². The van der Waals surface area contributed by atoms with Crippen LogP contribution in [0.2, 0.25) is 0 Å². The first-order chi connectivity index (χ1) is 9.61. The number of aliphatic hydroxyl groups excluding tert-OH is 1. The Morgan fingerprint density at radius 1 is 1.29 bits per heavy atom. The van der Waals surface area contributed by atoms with Gasteiger partial charge in [-0.1, -0.05) is 6.92 Å². The van der Waals surface area contributed by atoms with Gasteiger partial charge in [0.25, 0.3) is 0 Å². The van der Waals surface area contributed by atoms with Gasteiger partial charge in [-0.3, -0.25) is 4.90 Å². The van der Waals surface area contributed by atoms with Gasteiger partial charge < -0.3 is 10.0 Å². The predicted molar refractivity (Wildman–Crippen MR) is 87.2 cm³/mol. The van der Waals surface area contributed by atoms with Crippen molar-refractivity contribution in [3.8, 4) is 0 Å². The van der Waals surface area contributed by atoms with E-state index in [0.29, 0.717) is 13.1 Å². The maximum absolute atomic E-state index is 11.6. The zero-order valence-electron chi connectivity index (χ0n) is 14.1. The third kappa shape index (κ3) is 6.22. The first-order valence-electron chi connectivity index (χ1n) is 7.90. The predicted octanol–water partition coefficient (Wildman–Crippen LogP) is 0.833. The van der Waals surface area contributed by atoms with Gasteiger partial charge in [0, 0.05) is 25.4 Å². The average Bonchev–Trinajstić information content (AvgIpc) is 2.38. The largest absolute Gasteiger partial charge is 0.390 e. The second-order valence-electron chi connectivity index (χ2n) is 6.85. The van der Waals surface area contributed by atoms with Crippen LogP contribution in [0.25, 0.3) is 0 Å². The Balaban J connectivity index is 2.41. The molecule has 1 heterocycles. The van der Waals surface area contributed by atoms with Crippen molar-refractivity contribution in [3.63, 3.8) is 0 Å². The average molecular weight is 320 g/mol. The summed E-state index contributed by atoms with van der Waals surface area (Å²) in [5.41, 5.74) is 0. The fourth-order valence-electron chi connectivity index (χ4n) is 2.82. The van der Waals surface area contributed by atoms with Gasteiger partial charge in [0.05, 0.1) is 11.4 Å². The van der Waals surface area contributed by atoms with Crippen molar-refractivity contribution >= 4 is 9.84 Å². The molecule has 0 aromatic rings. The molecule has 5 nitrogen and oxygen atoms in total. The van der Waals surface area contributed by atoms with Crippen molar-refractivity contribution in [2.75, 3.05) is 39.5 Å². The van der Waals surface area contributed by atoms with Gasteiger partial charge in [-0.15, -0.1) is 0 Å². The van der Waals surface area contributed by atoms with Gasteiger partial charge >= 0.3 is 0 Å². The number of piperidine rings is 1. The van der Waals surface area contributed by atoms with Gasteiger partial charge in [0.15, 0.2) is 9.84 Å². The van der Waals surface area contributed by atoms with Gasteiger partial charge in [-0.2, -0.15) is 0 Å². The van der Waals surface area contributed by atoms with E-state index in [1.54, 1.807) is 6.92 Å². The Morgan fingerprint density at radius 2 is 1.81 bits per heavy atom. The normalized spacial score (nSPS) is 23.2. The monoisotopic (exact) mass is 320 g/mol. The molecule has 1 fully saturated rings. The topological polar surface area (TPSA) is 60.9 Å². The highest BCUT2D eigenvalue weighted by molar-refractivity contribution is 7.91. The van der Waals surface area contributed by atoms with Crippen LogP contribution < -0.4 is 0 Å². The van der Waals surface area contributed by atoms with Gasteiger partial charge in [-0.25, -0.2) is 8.42 Å². The van der Waals surface area contributed by atoms with Crippen LogP contribution in [-0.4, -0.2) is 80.2 Å². The molecule has 3 unspecified atom stereocenters. The molecule has 0 aromatic carbocycles. The first kappa shape index (κ1) is 18.9. The molecule has 6 heteroatoms. The molecule has 3 atom stereocenters. The zero-order valence-corrected chi connectivity index (χ0v) is 14.9. The van der Waals surface area contributed by atoms with Gasteiger partial charge in [-0.05, 0) is 52.7 Å². The number of likely N-dealkylation sites (tertiary alicyclic amines) is 1. The van der Waals surface area contributed by atoms with Crippen molar-refractivity contribution in [1.82, 2.24) is 9.80 Å². The molecule has 21 heavy (non-hydrogen) atoms. The molecule has 0 aliphatic carbocycles. The smallest absolute Gasteiger partial charge is 0.151 e. The van der Waals surface area contributed by atoms with Crippen LogP contribution in [0.4, 0.5) is 0 Å². The molecule has 0 spiro atoms. The van der Waals surface area contributed by atoms with Crippen molar-refractivity contribution in [2.45, 2.75) is 51.0 Å². The lowest BCUT2D eigenvalue weighted by Gasteiger charge is -2.34. The number of sulfone groups is 1. The number of likely N-dealkylation sites (N-methyl/N-ethyl adjacent to an activating group) is 1. The zero-order chi connectivity index (χ0) is 16.2. The van der Waals surface area contributed by atoms with Crippen LogP contribution in [0.15, 0.2) is 0 Å². The quantitative estimate of drug-likeness (QED) is 0.753. The van der Waals surface area contributed by atoms with E-state index in [2.05, 4.69) is 11.8 Å². The minimum atomic E-state index is -3.05.